The van der Waals surface area contributed by atoms with Crippen molar-refractivity contribution in [3.8, 4) is 0 Å². The Labute approximate surface area is 158 Å². The van der Waals surface area contributed by atoms with Crippen LogP contribution < -0.4 is 0 Å². The molecule has 0 unspecified atom stereocenters. The van der Waals surface area contributed by atoms with Crippen molar-refractivity contribution in [1.29, 1.82) is 0 Å². The molecule has 0 aromatic heterocycles. The van der Waals surface area contributed by atoms with Crippen LogP contribution >= 0.6 is 11.6 Å². The molecule has 0 amide bonds. The van der Waals surface area contributed by atoms with Gasteiger partial charge >= 0.3 is 0 Å². The Bertz CT molecular complexity index is 732. The van der Waals surface area contributed by atoms with Crippen LogP contribution in [0.3, 0.4) is 0 Å². The van der Waals surface area contributed by atoms with Crippen LogP contribution in [0.25, 0.3) is 0 Å². The first-order chi connectivity index (χ1) is 12.0. The average Bonchev–Trinajstić information content (AvgIpc) is 2.86. The predicted octanol–water partition coefficient (Wildman–Crippen LogP) is 4.24. The molecule has 26 heavy (non-hydrogen) atoms. The fourth-order valence-electron chi connectivity index (χ4n) is 5.29. The Morgan fingerprint density at radius 1 is 1.35 bits per heavy atom. The van der Waals surface area contributed by atoms with Crippen LogP contribution in [-0.4, -0.2) is 28.0 Å². The first-order valence-electron chi connectivity index (χ1n) is 9.14. The molecule has 1 aromatic carbocycles. The van der Waals surface area contributed by atoms with Crippen LogP contribution in [0.1, 0.15) is 57.9 Å². The number of benzene rings is 1. The van der Waals surface area contributed by atoms with Gasteiger partial charge in [0.25, 0.3) is 0 Å². The Morgan fingerprint density at radius 3 is 2.42 bits per heavy atom. The maximum atomic E-state index is 13.2. The highest BCUT2D eigenvalue weighted by molar-refractivity contribution is 6.30. The number of aliphatic hydroxyl groups is 1. The summed E-state index contributed by atoms with van der Waals surface area (Å²) in [6.45, 7) is 5.92. The molecule has 1 N–H and O–H groups in total. The highest BCUT2D eigenvalue weighted by atomic mass is 35.5. The van der Waals surface area contributed by atoms with E-state index in [2.05, 4.69) is 13.8 Å². The Morgan fingerprint density at radius 2 is 1.96 bits per heavy atom. The number of nitrogens with zero attached hydrogens (tertiary/aromatic N) is 1. The lowest BCUT2D eigenvalue weighted by Crippen LogP contribution is -2.53. The molecule has 0 spiro atoms. The molecule has 0 radical (unpaired) electrons. The highest BCUT2D eigenvalue weighted by Gasteiger charge is 2.70. The van der Waals surface area contributed by atoms with Gasteiger partial charge in [-0.25, -0.2) is 0 Å². The SMILES string of the molecule is CC1(C)[C@@H]2CC[C@@]1(C)[C@@](O)(C(=O)C[C@H](C[N+](=O)[O-])c1ccc(Cl)cc1)C2. The number of nitro groups is 1. The van der Waals surface area contributed by atoms with E-state index in [0.29, 0.717) is 22.9 Å². The molecule has 0 heterocycles. The summed E-state index contributed by atoms with van der Waals surface area (Å²) in [6.07, 6.45) is 2.26. The quantitative estimate of drug-likeness (QED) is 0.592. The first kappa shape index (κ1) is 19.3. The van der Waals surface area contributed by atoms with E-state index in [1.807, 2.05) is 6.92 Å². The van der Waals surface area contributed by atoms with Gasteiger partial charge < -0.3 is 5.11 Å². The minimum absolute atomic E-state index is 0.0303. The molecule has 1 aromatic rings. The van der Waals surface area contributed by atoms with Crippen molar-refractivity contribution in [2.24, 2.45) is 16.7 Å². The van der Waals surface area contributed by atoms with E-state index < -0.39 is 21.9 Å². The Kier molecular flexibility index (Phi) is 4.68. The maximum Gasteiger partial charge on any atom is 0.211 e. The highest BCUT2D eigenvalue weighted by Crippen LogP contribution is 2.70. The van der Waals surface area contributed by atoms with Gasteiger partial charge in [0.1, 0.15) is 5.60 Å². The monoisotopic (exact) mass is 379 g/mol. The van der Waals surface area contributed by atoms with E-state index in [1.165, 1.54) is 0 Å². The van der Waals surface area contributed by atoms with Crippen molar-refractivity contribution in [3.05, 3.63) is 45.0 Å². The summed E-state index contributed by atoms with van der Waals surface area (Å²) in [4.78, 5) is 23.9. The standard InChI is InChI=1S/C20H26ClNO4/c1-18(2)15-8-9-19(18,3)20(24,11-15)17(23)10-14(12-22(25)26)13-4-6-16(21)7-5-13/h4-7,14-15,24H,8-12H2,1-3H3/t14-,15-,19-,20+/m1/s1. The summed E-state index contributed by atoms with van der Waals surface area (Å²) in [6, 6.07) is 6.79. The molecule has 2 saturated carbocycles. The normalized spacial score (nSPS) is 33.2. The lowest BCUT2D eigenvalue weighted by Gasteiger charge is -2.44. The summed E-state index contributed by atoms with van der Waals surface area (Å²) in [5, 5.41) is 23.1. The van der Waals surface area contributed by atoms with E-state index in [-0.39, 0.29) is 24.2 Å². The van der Waals surface area contributed by atoms with Crippen molar-refractivity contribution < 1.29 is 14.8 Å². The van der Waals surface area contributed by atoms with Gasteiger partial charge in [0.2, 0.25) is 6.54 Å². The summed E-state index contributed by atoms with van der Waals surface area (Å²) >= 11 is 5.91. The first-order valence-corrected chi connectivity index (χ1v) is 9.52. The molecule has 4 atom stereocenters. The van der Waals surface area contributed by atoms with Crippen LogP contribution in [0, 0.1) is 26.9 Å². The van der Waals surface area contributed by atoms with Crippen molar-refractivity contribution in [2.75, 3.05) is 6.54 Å². The second kappa shape index (κ2) is 6.31. The fraction of sp³-hybridized carbons (Fsp3) is 0.650. The number of hydrogen-bond acceptors (Lipinski definition) is 4. The lowest BCUT2D eigenvalue weighted by atomic mass is 9.62. The van der Waals surface area contributed by atoms with Crippen LogP contribution in [0.4, 0.5) is 0 Å². The third-order valence-corrected chi connectivity index (χ3v) is 7.75. The van der Waals surface area contributed by atoms with Crippen molar-refractivity contribution in [1.82, 2.24) is 0 Å². The molecule has 5 nitrogen and oxygen atoms in total. The fourth-order valence-corrected chi connectivity index (χ4v) is 5.42. The second-order valence-electron chi connectivity index (χ2n) is 8.74. The molecule has 2 aliphatic rings. The van der Waals surface area contributed by atoms with Crippen LogP contribution in [-0.2, 0) is 4.79 Å². The third-order valence-electron chi connectivity index (χ3n) is 7.49. The zero-order chi connectivity index (χ0) is 19.3. The van der Waals surface area contributed by atoms with E-state index in [4.69, 9.17) is 11.6 Å². The molecule has 3 rings (SSSR count). The van der Waals surface area contributed by atoms with Gasteiger partial charge in [0.05, 0.1) is 5.92 Å². The van der Waals surface area contributed by atoms with Gasteiger partial charge in [-0.15, -0.1) is 0 Å². The van der Waals surface area contributed by atoms with Gasteiger partial charge in [0, 0.05) is 21.8 Å². The van der Waals surface area contributed by atoms with Crippen LogP contribution in [0.5, 0.6) is 0 Å². The Balaban J connectivity index is 1.86. The minimum atomic E-state index is -1.40. The number of hydrogen-bond donors (Lipinski definition) is 1. The predicted molar refractivity (Wildman–Crippen MR) is 99.9 cm³/mol. The van der Waals surface area contributed by atoms with Crippen LogP contribution in [0.15, 0.2) is 24.3 Å². The van der Waals surface area contributed by atoms with Gasteiger partial charge in [-0.2, -0.15) is 0 Å². The molecular weight excluding hydrogens is 354 g/mol. The lowest BCUT2D eigenvalue weighted by molar-refractivity contribution is -0.483. The molecule has 6 heteroatoms. The molecule has 2 aliphatic carbocycles. The number of ketones is 1. The van der Waals surface area contributed by atoms with Gasteiger partial charge in [-0.3, -0.25) is 14.9 Å². The number of Topliss-reactive ketones (excluding diaryl/α,β-unsaturated/α-hetero) is 1. The largest absolute Gasteiger partial charge is 0.381 e. The maximum absolute atomic E-state index is 13.2. The topological polar surface area (TPSA) is 80.4 Å². The minimum Gasteiger partial charge on any atom is -0.381 e. The molecule has 0 saturated heterocycles. The van der Waals surface area contributed by atoms with Crippen molar-refractivity contribution in [2.45, 2.75) is 58.0 Å². The molecular formula is C20H26ClNO4. The van der Waals surface area contributed by atoms with Gasteiger partial charge in [0.15, 0.2) is 5.78 Å². The molecule has 0 aliphatic heterocycles. The van der Waals surface area contributed by atoms with Gasteiger partial charge in [-0.05, 0) is 48.3 Å². The summed E-state index contributed by atoms with van der Waals surface area (Å²) < 4.78 is 0. The number of rotatable bonds is 6. The van der Waals surface area contributed by atoms with E-state index in [9.17, 15) is 20.0 Å². The average molecular weight is 380 g/mol. The zero-order valence-corrected chi connectivity index (χ0v) is 16.3. The number of halogens is 1. The number of carbonyl (C=O) groups is 1. The Hall–Kier alpha value is -1.46. The molecule has 2 bridgehead atoms. The summed E-state index contributed by atoms with van der Waals surface area (Å²) in [7, 11) is 0. The number of fused-ring (bicyclic) bond motifs is 2. The van der Waals surface area contributed by atoms with E-state index in [1.54, 1.807) is 24.3 Å². The summed E-state index contributed by atoms with van der Waals surface area (Å²) in [5.41, 5.74) is -1.30. The zero-order valence-electron chi connectivity index (χ0n) is 15.5. The van der Waals surface area contributed by atoms with Crippen molar-refractivity contribution in [3.63, 3.8) is 0 Å². The molecule has 142 valence electrons. The molecule has 2 fully saturated rings. The van der Waals surface area contributed by atoms with E-state index in [0.717, 1.165) is 12.8 Å². The number of carbonyl (C=O) groups excluding carboxylic acids is 1. The third kappa shape index (κ3) is 2.76. The van der Waals surface area contributed by atoms with Crippen LogP contribution in [0.2, 0.25) is 5.02 Å². The second-order valence-corrected chi connectivity index (χ2v) is 9.18. The smallest absolute Gasteiger partial charge is 0.211 e. The summed E-state index contributed by atoms with van der Waals surface area (Å²) in [5.74, 6) is -0.521. The van der Waals surface area contributed by atoms with Gasteiger partial charge in [-0.1, -0.05) is 44.5 Å². The van der Waals surface area contributed by atoms with E-state index >= 15 is 0 Å². The van der Waals surface area contributed by atoms with Crippen molar-refractivity contribution >= 4 is 17.4 Å².